The lowest BCUT2D eigenvalue weighted by atomic mass is 10.3. The highest BCUT2D eigenvalue weighted by atomic mass is 79.9. The van der Waals surface area contributed by atoms with Crippen LogP contribution in [0.5, 0.6) is 0 Å². The molecule has 0 aliphatic heterocycles. The molecule has 2 amide bonds. The number of likely N-dealkylation sites (N-methyl/N-ethyl adjacent to an activating group) is 2. The molecule has 100 valence electrons. The third kappa shape index (κ3) is 3.60. The number of carbonyl (C=O) groups is 2. The molecule has 1 aromatic heterocycles. The molecule has 1 aromatic rings. The summed E-state index contributed by atoms with van der Waals surface area (Å²) in [7, 11) is 1.62. The first-order valence-corrected chi connectivity index (χ1v) is 6.66. The summed E-state index contributed by atoms with van der Waals surface area (Å²) >= 11 is 3.27. The molecular formula is C12H18BrN3O2. The average molecular weight is 316 g/mol. The summed E-state index contributed by atoms with van der Waals surface area (Å²) in [6, 6.07) is 1.70. The SMILES string of the molecule is CCN(CC)C(=O)CN(C)C(=O)c1cc(Br)c[nH]1. The molecule has 0 unspecified atom stereocenters. The molecule has 1 heterocycles. The Bertz CT molecular complexity index is 427. The summed E-state index contributed by atoms with van der Waals surface area (Å²) < 4.78 is 0.814. The van der Waals surface area contributed by atoms with Crippen molar-refractivity contribution in [3.8, 4) is 0 Å². The second-order valence-electron chi connectivity index (χ2n) is 3.96. The van der Waals surface area contributed by atoms with Crippen LogP contribution >= 0.6 is 15.9 Å². The fourth-order valence-electron chi connectivity index (χ4n) is 1.65. The monoisotopic (exact) mass is 315 g/mol. The predicted molar refractivity (Wildman–Crippen MR) is 73.4 cm³/mol. The van der Waals surface area contributed by atoms with Gasteiger partial charge in [-0.15, -0.1) is 0 Å². The summed E-state index contributed by atoms with van der Waals surface area (Å²) in [6.07, 6.45) is 1.69. The molecule has 0 saturated heterocycles. The van der Waals surface area contributed by atoms with Crippen LogP contribution in [-0.2, 0) is 4.79 Å². The number of hydrogen-bond donors (Lipinski definition) is 1. The Morgan fingerprint density at radius 3 is 2.39 bits per heavy atom. The summed E-state index contributed by atoms with van der Waals surface area (Å²) in [5, 5.41) is 0. The first-order valence-electron chi connectivity index (χ1n) is 5.86. The van der Waals surface area contributed by atoms with E-state index in [9.17, 15) is 9.59 Å². The van der Waals surface area contributed by atoms with Gasteiger partial charge in [-0.3, -0.25) is 9.59 Å². The highest BCUT2D eigenvalue weighted by Crippen LogP contribution is 2.12. The van der Waals surface area contributed by atoms with Gasteiger partial charge >= 0.3 is 0 Å². The maximum Gasteiger partial charge on any atom is 0.270 e. The fourth-order valence-corrected chi connectivity index (χ4v) is 1.99. The van der Waals surface area contributed by atoms with Crippen LogP contribution in [0.4, 0.5) is 0 Å². The minimum Gasteiger partial charge on any atom is -0.356 e. The lowest BCUT2D eigenvalue weighted by Gasteiger charge is -2.22. The van der Waals surface area contributed by atoms with Crippen molar-refractivity contribution < 1.29 is 9.59 Å². The van der Waals surface area contributed by atoms with Gasteiger partial charge in [-0.1, -0.05) is 0 Å². The summed E-state index contributed by atoms with van der Waals surface area (Å²) in [5.74, 6) is -0.234. The second-order valence-corrected chi connectivity index (χ2v) is 4.87. The molecule has 1 rings (SSSR count). The molecule has 18 heavy (non-hydrogen) atoms. The van der Waals surface area contributed by atoms with Crippen LogP contribution in [0.2, 0.25) is 0 Å². The molecule has 0 spiro atoms. The van der Waals surface area contributed by atoms with E-state index in [1.807, 2.05) is 13.8 Å². The van der Waals surface area contributed by atoms with E-state index in [1.165, 1.54) is 4.90 Å². The lowest BCUT2D eigenvalue weighted by molar-refractivity contribution is -0.131. The average Bonchev–Trinajstić information content (AvgIpc) is 2.76. The maximum absolute atomic E-state index is 12.0. The fraction of sp³-hybridized carbons (Fsp3) is 0.500. The first kappa shape index (κ1) is 14.8. The Hall–Kier alpha value is -1.30. The summed E-state index contributed by atoms with van der Waals surface area (Å²) in [5.41, 5.74) is 0.469. The third-order valence-corrected chi connectivity index (χ3v) is 3.17. The van der Waals surface area contributed by atoms with E-state index >= 15 is 0 Å². The van der Waals surface area contributed by atoms with Crippen molar-refractivity contribution in [1.82, 2.24) is 14.8 Å². The maximum atomic E-state index is 12.0. The van der Waals surface area contributed by atoms with Gasteiger partial charge < -0.3 is 14.8 Å². The molecule has 0 saturated carbocycles. The van der Waals surface area contributed by atoms with E-state index in [2.05, 4.69) is 20.9 Å². The van der Waals surface area contributed by atoms with Gasteiger partial charge in [0.1, 0.15) is 5.69 Å². The predicted octanol–water partition coefficient (Wildman–Crippen LogP) is 1.72. The molecule has 0 aliphatic rings. The van der Waals surface area contributed by atoms with Gasteiger partial charge in [0.25, 0.3) is 5.91 Å². The van der Waals surface area contributed by atoms with Crippen molar-refractivity contribution >= 4 is 27.7 Å². The standard InChI is InChI=1S/C12H18BrN3O2/c1-4-16(5-2)11(17)8-15(3)12(18)10-6-9(13)7-14-10/h6-7,14H,4-5,8H2,1-3H3. The number of nitrogens with zero attached hydrogens (tertiary/aromatic N) is 2. The molecule has 5 nitrogen and oxygen atoms in total. The van der Waals surface area contributed by atoms with E-state index in [0.29, 0.717) is 18.8 Å². The number of hydrogen-bond acceptors (Lipinski definition) is 2. The number of amides is 2. The first-order chi connectivity index (χ1) is 8.49. The van der Waals surface area contributed by atoms with Gasteiger partial charge in [0.2, 0.25) is 5.91 Å². The number of H-pyrrole nitrogens is 1. The van der Waals surface area contributed by atoms with Crippen molar-refractivity contribution in [2.24, 2.45) is 0 Å². The van der Waals surface area contributed by atoms with Crippen LogP contribution in [0, 0.1) is 0 Å². The molecule has 0 atom stereocenters. The van der Waals surface area contributed by atoms with E-state index in [-0.39, 0.29) is 18.4 Å². The van der Waals surface area contributed by atoms with Gasteiger partial charge in [0.05, 0.1) is 6.54 Å². The zero-order chi connectivity index (χ0) is 13.7. The normalized spacial score (nSPS) is 10.2. The lowest BCUT2D eigenvalue weighted by Crippen LogP contribution is -2.41. The molecular weight excluding hydrogens is 298 g/mol. The van der Waals surface area contributed by atoms with Gasteiger partial charge in [0, 0.05) is 30.8 Å². The molecule has 0 fully saturated rings. The zero-order valence-corrected chi connectivity index (χ0v) is 12.5. The van der Waals surface area contributed by atoms with Crippen LogP contribution in [0.15, 0.2) is 16.7 Å². The Labute approximate surface area is 115 Å². The Morgan fingerprint density at radius 2 is 1.94 bits per heavy atom. The molecule has 0 radical (unpaired) electrons. The summed E-state index contributed by atoms with van der Waals surface area (Å²) in [6.45, 7) is 5.25. The quantitative estimate of drug-likeness (QED) is 0.899. The summed E-state index contributed by atoms with van der Waals surface area (Å²) in [4.78, 5) is 29.8. The number of rotatable bonds is 5. The molecule has 6 heteroatoms. The van der Waals surface area contributed by atoms with E-state index < -0.39 is 0 Å². The van der Waals surface area contributed by atoms with Gasteiger partial charge in [0.15, 0.2) is 0 Å². The van der Waals surface area contributed by atoms with Crippen molar-refractivity contribution in [1.29, 1.82) is 0 Å². The number of aromatic nitrogens is 1. The largest absolute Gasteiger partial charge is 0.356 e. The van der Waals surface area contributed by atoms with E-state index in [0.717, 1.165) is 4.47 Å². The van der Waals surface area contributed by atoms with Gasteiger partial charge in [-0.05, 0) is 35.8 Å². The van der Waals surface area contributed by atoms with Crippen LogP contribution in [0.25, 0.3) is 0 Å². The minimum absolute atomic E-state index is 0.0403. The van der Waals surface area contributed by atoms with Gasteiger partial charge in [-0.2, -0.15) is 0 Å². The second kappa shape index (κ2) is 6.58. The highest BCUT2D eigenvalue weighted by molar-refractivity contribution is 9.10. The molecule has 0 aromatic carbocycles. The van der Waals surface area contributed by atoms with Crippen LogP contribution < -0.4 is 0 Å². The Morgan fingerprint density at radius 1 is 1.33 bits per heavy atom. The highest BCUT2D eigenvalue weighted by Gasteiger charge is 2.18. The molecule has 0 bridgehead atoms. The molecule has 0 aliphatic carbocycles. The Balaban J connectivity index is 2.63. The van der Waals surface area contributed by atoms with Crippen molar-refractivity contribution in [2.45, 2.75) is 13.8 Å². The molecule has 1 N–H and O–H groups in total. The zero-order valence-electron chi connectivity index (χ0n) is 10.9. The van der Waals surface area contributed by atoms with E-state index in [4.69, 9.17) is 0 Å². The van der Waals surface area contributed by atoms with Crippen molar-refractivity contribution in [3.63, 3.8) is 0 Å². The third-order valence-electron chi connectivity index (χ3n) is 2.71. The van der Waals surface area contributed by atoms with Crippen LogP contribution in [0.1, 0.15) is 24.3 Å². The minimum atomic E-state index is -0.193. The topological polar surface area (TPSA) is 56.4 Å². The number of aromatic amines is 1. The van der Waals surface area contributed by atoms with Crippen LogP contribution in [-0.4, -0.2) is 53.3 Å². The number of nitrogens with one attached hydrogen (secondary N) is 1. The van der Waals surface area contributed by atoms with Crippen molar-refractivity contribution in [2.75, 3.05) is 26.7 Å². The Kier molecular flexibility index (Phi) is 5.40. The van der Waals surface area contributed by atoms with Crippen LogP contribution in [0.3, 0.4) is 0 Å². The van der Waals surface area contributed by atoms with E-state index in [1.54, 1.807) is 24.2 Å². The smallest absolute Gasteiger partial charge is 0.270 e. The number of halogens is 1. The van der Waals surface area contributed by atoms with Crippen molar-refractivity contribution in [3.05, 3.63) is 22.4 Å². The van der Waals surface area contributed by atoms with Gasteiger partial charge in [-0.25, -0.2) is 0 Å². The number of carbonyl (C=O) groups excluding carboxylic acids is 2.